The number of carbonyl (C=O) groups is 1. The molecule has 3 nitrogen and oxygen atoms in total. The molecule has 3 heteroatoms. The lowest BCUT2D eigenvalue weighted by atomic mass is 9.86. The van der Waals surface area contributed by atoms with E-state index in [0.717, 1.165) is 19.4 Å². The fourth-order valence-electron chi connectivity index (χ4n) is 2.73. The average Bonchev–Trinajstić information content (AvgIpc) is 2.40. The van der Waals surface area contributed by atoms with E-state index in [2.05, 4.69) is 12.1 Å². The quantitative estimate of drug-likeness (QED) is 0.742. The van der Waals surface area contributed by atoms with Gasteiger partial charge in [0.25, 0.3) is 0 Å². The van der Waals surface area contributed by atoms with Gasteiger partial charge in [-0.25, -0.2) is 4.79 Å². The monoisotopic (exact) mass is 216 g/mol. The molecule has 0 unspecified atom stereocenters. The van der Waals surface area contributed by atoms with E-state index in [1.54, 1.807) is 0 Å². The third-order valence-electron chi connectivity index (χ3n) is 3.84. The summed E-state index contributed by atoms with van der Waals surface area (Å²) in [6, 6.07) is 11.3. The highest BCUT2D eigenvalue weighted by molar-refractivity contribution is 5.78. The molecule has 1 aliphatic heterocycles. The van der Waals surface area contributed by atoms with Gasteiger partial charge < -0.3 is 9.80 Å². The molecule has 2 atom stereocenters. The van der Waals surface area contributed by atoms with Crippen LogP contribution in [0.4, 0.5) is 4.79 Å². The van der Waals surface area contributed by atoms with Gasteiger partial charge >= 0.3 is 6.03 Å². The highest BCUT2D eigenvalue weighted by atomic mass is 16.2. The van der Waals surface area contributed by atoms with Gasteiger partial charge in [0.2, 0.25) is 0 Å². The second-order valence-electron chi connectivity index (χ2n) is 4.72. The highest BCUT2D eigenvalue weighted by Crippen LogP contribution is 2.37. The fraction of sp³-hybridized carbons (Fsp3) is 0.462. The minimum absolute atomic E-state index is 0.191. The summed E-state index contributed by atoms with van der Waals surface area (Å²) in [7, 11) is 1.92. The molecule has 1 aliphatic carbocycles. The zero-order chi connectivity index (χ0) is 11.1. The first-order chi connectivity index (χ1) is 7.77. The normalized spacial score (nSPS) is 27.9. The Balaban J connectivity index is 1.78. The van der Waals surface area contributed by atoms with Crippen LogP contribution in [0, 0.1) is 0 Å². The van der Waals surface area contributed by atoms with Crippen LogP contribution in [0.1, 0.15) is 18.4 Å². The standard InChI is InChI=1S/C13H16N2O/c1-14-11-7-8-12(11)15(13(14)16)9-10-5-3-2-4-6-10/h2-6,11-12H,7-9H2,1H3/t11-,12+/m0/s1. The third-order valence-corrected chi connectivity index (χ3v) is 3.84. The van der Waals surface area contributed by atoms with E-state index in [1.165, 1.54) is 5.56 Å². The van der Waals surface area contributed by atoms with Crippen LogP contribution in [0.2, 0.25) is 0 Å². The highest BCUT2D eigenvalue weighted by Gasteiger charge is 2.48. The molecular weight excluding hydrogens is 200 g/mol. The smallest absolute Gasteiger partial charge is 0.320 e. The van der Waals surface area contributed by atoms with Crippen LogP contribution in [-0.4, -0.2) is 35.0 Å². The number of nitrogens with zero attached hydrogens (tertiary/aromatic N) is 2. The molecule has 1 aromatic carbocycles. The van der Waals surface area contributed by atoms with Crippen molar-refractivity contribution in [1.29, 1.82) is 0 Å². The van der Waals surface area contributed by atoms with E-state index in [1.807, 2.05) is 35.0 Å². The van der Waals surface area contributed by atoms with E-state index in [0.29, 0.717) is 12.1 Å². The predicted octanol–water partition coefficient (Wildman–Crippen LogP) is 2.08. The van der Waals surface area contributed by atoms with E-state index >= 15 is 0 Å². The van der Waals surface area contributed by atoms with Crippen molar-refractivity contribution in [1.82, 2.24) is 9.80 Å². The van der Waals surface area contributed by atoms with Crippen molar-refractivity contribution in [3.63, 3.8) is 0 Å². The third kappa shape index (κ3) is 1.31. The summed E-state index contributed by atoms with van der Waals surface area (Å²) >= 11 is 0. The number of hydrogen-bond acceptors (Lipinski definition) is 1. The van der Waals surface area contributed by atoms with Gasteiger partial charge in [-0.1, -0.05) is 30.3 Å². The van der Waals surface area contributed by atoms with Crippen LogP contribution in [-0.2, 0) is 6.54 Å². The molecule has 0 N–H and O–H groups in total. The SMILES string of the molecule is CN1C(=O)N(Cc2ccccc2)[C@@H]2CC[C@@H]21. The molecule has 84 valence electrons. The Morgan fingerprint density at radius 2 is 1.88 bits per heavy atom. The molecule has 2 aliphatic rings. The van der Waals surface area contributed by atoms with Gasteiger partial charge in [0, 0.05) is 13.6 Å². The lowest BCUT2D eigenvalue weighted by Crippen LogP contribution is -2.44. The first kappa shape index (κ1) is 9.70. The predicted molar refractivity (Wildman–Crippen MR) is 62.0 cm³/mol. The molecule has 3 rings (SSSR count). The maximum Gasteiger partial charge on any atom is 0.320 e. The Hall–Kier alpha value is -1.51. The first-order valence-corrected chi connectivity index (χ1v) is 5.85. The van der Waals surface area contributed by atoms with Gasteiger partial charge in [-0.15, -0.1) is 0 Å². The lowest BCUT2D eigenvalue weighted by Gasteiger charge is -2.35. The first-order valence-electron chi connectivity index (χ1n) is 5.85. The largest absolute Gasteiger partial charge is 0.323 e. The Morgan fingerprint density at radius 3 is 2.44 bits per heavy atom. The Kier molecular flexibility index (Phi) is 2.13. The second kappa shape index (κ2) is 3.51. The minimum atomic E-state index is 0.191. The van der Waals surface area contributed by atoms with Gasteiger partial charge in [-0.05, 0) is 18.4 Å². The number of benzene rings is 1. The summed E-state index contributed by atoms with van der Waals surface area (Å²) in [4.78, 5) is 15.9. The van der Waals surface area contributed by atoms with E-state index in [4.69, 9.17) is 0 Å². The number of amides is 2. The molecule has 0 aromatic heterocycles. The summed E-state index contributed by atoms with van der Waals surface area (Å²) in [5.74, 6) is 0. The van der Waals surface area contributed by atoms with Crippen molar-refractivity contribution in [2.75, 3.05) is 7.05 Å². The van der Waals surface area contributed by atoms with Crippen molar-refractivity contribution in [2.24, 2.45) is 0 Å². The van der Waals surface area contributed by atoms with Gasteiger partial charge in [-0.3, -0.25) is 0 Å². The summed E-state index contributed by atoms with van der Waals surface area (Å²) < 4.78 is 0. The number of fused-ring (bicyclic) bond motifs is 1. The number of rotatable bonds is 2. The average molecular weight is 216 g/mol. The van der Waals surface area contributed by atoms with Crippen LogP contribution in [0.3, 0.4) is 0 Å². The van der Waals surface area contributed by atoms with Gasteiger partial charge in [0.05, 0.1) is 12.1 Å². The van der Waals surface area contributed by atoms with E-state index in [-0.39, 0.29) is 6.03 Å². The number of urea groups is 1. The second-order valence-corrected chi connectivity index (χ2v) is 4.72. The van der Waals surface area contributed by atoms with Gasteiger partial charge in [0.1, 0.15) is 0 Å². The molecule has 0 bridgehead atoms. The summed E-state index contributed by atoms with van der Waals surface area (Å²) in [5.41, 5.74) is 1.22. The summed E-state index contributed by atoms with van der Waals surface area (Å²) in [6.45, 7) is 0.755. The molecular formula is C13H16N2O. The van der Waals surface area contributed by atoms with Crippen molar-refractivity contribution in [2.45, 2.75) is 31.5 Å². The minimum Gasteiger partial charge on any atom is -0.323 e. The van der Waals surface area contributed by atoms with Crippen LogP contribution < -0.4 is 0 Å². The topological polar surface area (TPSA) is 23.6 Å². The molecule has 16 heavy (non-hydrogen) atoms. The summed E-state index contributed by atoms with van der Waals surface area (Å²) in [5, 5.41) is 0. The Labute approximate surface area is 95.7 Å². The van der Waals surface area contributed by atoms with Gasteiger partial charge in [-0.2, -0.15) is 0 Å². The maximum atomic E-state index is 12.0. The molecule has 2 amide bonds. The van der Waals surface area contributed by atoms with Crippen LogP contribution in [0.25, 0.3) is 0 Å². The zero-order valence-electron chi connectivity index (χ0n) is 9.47. The fourth-order valence-corrected chi connectivity index (χ4v) is 2.73. The van der Waals surface area contributed by atoms with Gasteiger partial charge in [0.15, 0.2) is 0 Å². The van der Waals surface area contributed by atoms with Crippen molar-refractivity contribution >= 4 is 6.03 Å². The van der Waals surface area contributed by atoms with E-state index < -0.39 is 0 Å². The Morgan fingerprint density at radius 1 is 1.19 bits per heavy atom. The van der Waals surface area contributed by atoms with Crippen molar-refractivity contribution < 1.29 is 4.79 Å². The molecule has 2 fully saturated rings. The number of hydrogen-bond donors (Lipinski definition) is 0. The van der Waals surface area contributed by atoms with Crippen LogP contribution in [0.5, 0.6) is 0 Å². The molecule has 1 saturated heterocycles. The van der Waals surface area contributed by atoms with Crippen LogP contribution >= 0.6 is 0 Å². The van der Waals surface area contributed by atoms with E-state index in [9.17, 15) is 4.79 Å². The molecule has 0 spiro atoms. The number of carbonyl (C=O) groups excluding carboxylic acids is 1. The lowest BCUT2D eigenvalue weighted by molar-refractivity contribution is 0.162. The van der Waals surface area contributed by atoms with Crippen LogP contribution in [0.15, 0.2) is 30.3 Å². The van der Waals surface area contributed by atoms with Crippen molar-refractivity contribution in [3.8, 4) is 0 Å². The zero-order valence-corrected chi connectivity index (χ0v) is 9.47. The molecule has 1 heterocycles. The van der Waals surface area contributed by atoms with Crippen molar-refractivity contribution in [3.05, 3.63) is 35.9 Å². The Bertz CT molecular complexity index is 404. The molecule has 1 aromatic rings. The number of likely N-dealkylation sites (N-methyl/N-ethyl adjacent to an activating group) is 1. The molecule has 0 radical (unpaired) electrons. The summed E-state index contributed by atoms with van der Waals surface area (Å²) in [6.07, 6.45) is 2.33. The molecule has 1 saturated carbocycles. The maximum absolute atomic E-state index is 12.0.